The second-order valence-corrected chi connectivity index (χ2v) is 6.23. The van der Waals surface area contributed by atoms with Gasteiger partial charge in [-0.2, -0.15) is 0 Å². The van der Waals surface area contributed by atoms with Crippen molar-refractivity contribution in [2.24, 2.45) is 7.05 Å². The smallest absolute Gasteiger partial charge is 0.191 e. The van der Waals surface area contributed by atoms with Gasteiger partial charge in [-0.3, -0.25) is 0 Å². The lowest BCUT2D eigenvalue weighted by molar-refractivity contribution is 0.0571. The Morgan fingerprint density at radius 3 is 2.55 bits per heavy atom. The molecule has 2 rings (SSSR count). The number of para-hydroxylation sites is 1. The SMILES string of the molecule is CCC(O)(CC)CSc1nnc(-c2ccccc2OC)n1C. The van der Waals surface area contributed by atoms with Crippen molar-refractivity contribution < 1.29 is 9.84 Å². The summed E-state index contributed by atoms with van der Waals surface area (Å²) >= 11 is 1.53. The Morgan fingerprint density at radius 1 is 1.23 bits per heavy atom. The number of rotatable bonds is 7. The van der Waals surface area contributed by atoms with Gasteiger partial charge in [0.25, 0.3) is 0 Å². The molecule has 0 amide bonds. The highest BCUT2D eigenvalue weighted by Crippen LogP contribution is 2.31. The minimum absolute atomic E-state index is 0.609. The van der Waals surface area contributed by atoms with Gasteiger partial charge in [0.15, 0.2) is 11.0 Å². The Morgan fingerprint density at radius 2 is 1.91 bits per heavy atom. The van der Waals surface area contributed by atoms with Gasteiger partial charge in [0.05, 0.1) is 18.3 Å². The van der Waals surface area contributed by atoms with E-state index in [0.29, 0.717) is 5.75 Å². The molecule has 0 saturated carbocycles. The molecule has 0 bridgehead atoms. The van der Waals surface area contributed by atoms with Crippen LogP contribution in [0, 0.1) is 0 Å². The van der Waals surface area contributed by atoms with Gasteiger partial charge in [-0.1, -0.05) is 37.7 Å². The number of hydrogen-bond donors (Lipinski definition) is 1. The lowest BCUT2D eigenvalue weighted by Crippen LogP contribution is -2.29. The fourth-order valence-electron chi connectivity index (χ4n) is 2.16. The van der Waals surface area contributed by atoms with Crippen LogP contribution in [0.1, 0.15) is 26.7 Å². The molecule has 0 unspecified atom stereocenters. The molecule has 0 aliphatic heterocycles. The maximum Gasteiger partial charge on any atom is 0.191 e. The van der Waals surface area contributed by atoms with Gasteiger partial charge >= 0.3 is 0 Å². The van der Waals surface area contributed by atoms with Gasteiger partial charge in [0.2, 0.25) is 0 Å². The van der Waals surface area contributed by atoms with Gasteiger partial charge in [-0.05, 0) is 25.0 Å². The van der Waals surface area contributed by atoms with Crippen molar-refractivity contribution in [3.8, 4) is 17.1 Å². The van der Waals surface area contributed by atoms with E-state index in [-0.39, 0.29) is 0 Å². The minimum Gasteiger partial charge on any atom is -0.496 e. The summed E-state index contributed by atoms with van der Waals surface area (Å²) in [6.07, 6.45) is 1.46. The summed E-state index contributed by atoms with van der Waals surface area (Å²) < 4.78 is 7.32. The van der Waals surface area contributed by atoms with Crippen LogP contribution in [0.15, 0.2) is 29.4 Å². The van der Waals surface area contributed by atoms with Crippen molar-refractivity contribution in [1.29, 1.82) is 0 Å². The van der Waals surface area contributed by atoms with Gasteiger partial charge in [0.1, 0.15) is 5.75 Å². The standard InChI is InChI=1S/C16H23N3O2S/c1-5-16(20,6-2)11-22-15-18-17-14(19(15)3)12-9-7-8-10-13(12)21-4/h7-10,20H,5-6,11H2,1-4H3. The summed E-state index contributed by atoms with van der Waals surface area (Å²) in [7, 11) is 3.58. The van der Waals surface area contributed by atoms with Crippen LogP contribution in [0.4, 0.5) is 0 Å². The van der Waals surface area contributed by atoms with Crippen LogP contribution in [-0.2, 0) is 7.05 Å². The van der Waals surface area contributed by atoms with Crippen molar-refractivity contribution >= 4 is 11.8 Å². The van der Waals surface area contributed by atoms with E-state index >= 15 is 0 Å². The fourth-order valence-corrected chi connectivity index (χ4v) is 3.34. The van der Waals surface area contributed by atoms with Gasteiger partial charge in [-0.15, -0.1) is 10.2 Å². The Bertz CT molecular complexity index is 624. The highest BCUT2D eigenvalue weighted by Gasteiger charge is 2.24. The number of thioether (sulfide) groups is 1. The number of aromatic nitrogens is 3. The van der Waals surface area contributed by atoms with Crippen LogP contribution in [-0.4, -0.2) is 38.3 Å². The number of methoxy groups -OCH3 is 1. The molecule has 0 aliphatic rings. The fraction of sp³-hybridized carbons (Fsp3) is 0.500. The third-order valence-corrected chi connectivity index (χ3v) is 5.26. The molecule has 0 atom stereocenters. The summed E-state index contributed by atoms with van der Waals surface area (Å²) in [5.74, 6) is 2.14. The average Bonchev–Trinajstić information content (AvgIpc) is 2.93. The maximum atomic E-state index is 10.4. The summed E-state index contributed by atoms with van der Waals surface area (Å²) in [4.78, 5) is 0. The van der Waals surface area contributed by atoms with Gasteiger partial charge in [0, 0.05) is 12.8 Å². The quantitative estimate of drug-likeness (QED) is 0.794. The molecule has 0 radical (unpaired) electrons. The number of hydrogen-bond acceptors (Lipinski definition) is 5. The highest BCUT2D eigenvalue weighted by atomic mass is 32.2. The van der Waals surface area contributed by atoms with E-state index in [0.717, 1.165) is 35.1 Å². The molecule has 1 N–H and O–H groups in total. The summed E-state index contributed by atoms with van der Waals surface area (Å²) in [6, 6.07) is 7.75. The molecular weight excluding hydrogens is 298 g/mol. The van der Waals surface area contributed by atoms with Crippen LogP contribution < -0.4 is 4.74 Å². The van der Waals surface area contributed by atoms with E-state index in [1.54, 1.807) is 7.11 Å². The summed E-state index contributed by atoms with van der Waals surface area (Å²) in [5, 5.41) is 19.7. The number of nitrogens with zero attached hydrogens (tertiary/aromatic N) is 3. The monoisotopic (exact) mass is 321 g/mol. The Balaban J connectivity index is 2.23. The predicted molar refractivity (Wildman–Crippen MR) is 89.2 cm³/mol. The molecule has 0 aliphatic carbocycles. The van der Waals surface area contributed by atoms with Crippen molar-refractivity contribution in [2.75, 3.05) is 12.9 Å². The molecule has 0 saturated heterocycles. The number of benzene rings is 1. The lowest BCUT2D eigenvalue weighted by atomic mass is 10.0. The van der Waals surface area contributed by atoms with E-state index in [1.165, 1.54) is 11.8 Å². The first-order chi connectivity index (χ1) is 10.5. The van der Waals surface area contributed by atoms with Crippen molar-refractivity contribution in [3.05, 3.63) is 24.3 Å². The maximum absolute atomic E-state index is 10.4. The Hall–Kier alpha value is -1.53. The molecule has 2 aromatic rings. The van der Waals surface area contributed by atoms with E-state index < -0.39 is 5.60 Å². The van der Waals surface area contributed by atoms with Gasteiger partial charge in [-0.25, -0.2) is 0 Å². The predicted octanol–water partition coefficient (Wildman–Crippen LogP) is 3.13. The molecular formula is C16H23N3O2S. The topological polar surface area (TPSA) is 60.2 Å². The van der Waals surface area contributed by atoms with Crippen LogP contribution in [0.5, 0.6) is 5.75 Å². The first-order valence-electron chi connectivity index (χ1n) is 7.42. The van der Waals surface area contributed by atoms with Crippen LogP contribution >= 0.6 is 11.8 Å². The lowest BCUT2D eigenvalue weighted by Gasteiger charge is -2.24. The van der Waals surface area contributed by atoms with Crippen molar-refractivity contribution in [3.63, 3.8) is 0 Å². The normalized spacial score (nSPS) is 11.7. The first-order valence-corrected chi connectivity index (χ1v) is 8.41. The molecule has 6 heteroatoms. The average molecular weight is 321 g/mol. The van der Waals surface area contributed by atoms with E-state index in [1.807, 2.05) is 49.7 Å². The number of ether oxygens (including phenoxy) is 1. The third kappa shape index (κ3) is 3.44. The Kier molecular flexibility index (Phi) is 5.47. The van der Waals surface area contributed by atoms with Crippen LogP contribution in [0.2, 0.25) is 0 Å². The second-order valence-electron chi connectivity index (χ2n) is 5.29. The van der Waals surface area contributed by atoms with Crippen molar-refractivity contribution in [2.45, 2.75) is 37.4 Å². The number of aliphatic hydroxyl groups is 1. The molecule has 1 aromatic heterocycles. The zero-order chi connectivity index (χ0) is 16.2. The van der Waals surface area contributed by atoms with E-state index in [2.05, 4.69) is 10.2 Å². The molecule has 0 fully saturated rings. The first kappa shape index (κ1) is 16.8. The highest BCUT2D eigenvalue weighted by molar-refractivity contribution is 7.99. The zero-order valence-corrected chi connectivity index (χ0v) is 14.4. The van der Waals surface area contributed by atoms with Gasteiger partial charge < -0.3 is 14.4 Å². The minimum atomic E-state index is -0.652. The molecule has 120 valence electrons. The Labute approximate surface area is 135 Å². The molecule has 5 nitrogen and oxygen atoms in total. The van der Waals surface area contributed by atoms with Crippen LogP contribution in [0.3, 0.4) is 0 Å². The van der Waals surface area contributed by atoms with E-state index in [9.17, 15) is 5.11 Å². The van der Waals surface area contributed by atoms with Crippen LogP contribution in [0.25, 0.3) is 11.4 Å². The molecule has 22 heavy (non-hydrogen) atoms. The summed E-state index contributed by atoms with van der Waals surface area (Å²) in [5.41, 5.74) is 0.259. The molecule has 1 heterocycles. The van der Waals surface area contributed by atoms with Crippen molar-refractivity contribution in [1.82, 2.24) is 14.8 Å². The van der Waals surface area contributed by atoms with E-state index in [4.69, 9.17) is 4.74 Å². The third-order valence-electron chi connectivity index (χ3n) is 3.97. The second kappa shape index (κ2) is 7.15. The largest absolute Gasteiger partial charge is 0.496 e. The summed E-state index contributed by atoms with van der Waals surface area (Å²) in [6.45, 7) is 4.00. The zero-order valence-electron chi connectivity index (χ0n) is 13.5. The molecule has 1 aromatic carbocycles. The molecule has 0 spiro atoms.